The quantitative estimate of drug-likeness (QED) is 0.486. The Kier molecular flexibility index (Phi) is 3.95. The first-order chi connectivity index (χ1) is 6.63. The minimum Gasteiger partial charge on any atom is -0.466 e. The molecule has 14 heavy (non-hydrogen) atoms. The molecule has 1 fully saturated rings. The predicted molar refractivity (Wildman–Crippen MR) is 52.7 cm³/mol. The Labute approximate surface area is 84.5 Å². The highest BCUT2D eigenvalue weighted by atomic mass is 16.5. The summed E-state index contributed by atoms with van der Waals surface area (Å²) >= 11 is 0. The third kappa shape index (κ3) is 3.03. The van der Waals surface area contributed by atoms with Gasteiger partial charge in [0.2, 0.25) is 0 Å². The van der Waals surface area contributed by atoms with Crippen LogP contribution >= 0.6 is 0 Å². The van der Waals surface area contributed by atoms with Gasteiger partial charge in [0.25, 0.3) is 0 Å². The second-order valence-corrected chi connectivity index (χ2v) is 3.53. The number of nitrogens with zero attached hydrogens (tertiary/aromatic N) is 1. The summed E-state index contributed by atoms with van der Waals surface area (Å²) in [5, 5.41) is 0. The van der Waals surface area contributed by atoms with Gasteiger partial charge in [-0.1, -0.05) is 0 Å². The molecule has 1 rings (SSSR count). The number of rotatable bonds is 2. The predicted octanol–water partition coefficient (Wildman–Crippen LogP) is 0.782. The summed E-state index contributed by atoms with van der Waals surface area (Å²) in [7, 11) is 1.37. The van der Waals surface area contributed by atoms with Crippen molar-refractivity contribution in [3.63, 3.8) is 0 Å². The van der Waals surface area contributed by atoms with Crippen LogP contribution in [0.4, 0.5) is 0 Å². The molecule has 1 aliphatic rings. The summed E-state index contributed by atoms with van der Waals surface area (Å²) in [6, 6.07) is 0.312. The highest BCUT2D eigenvalue weighted by Crippen LogP contribution is 2.11. The Bertz CT molecular complexity index is 227. The van der Waals surface area contributed by atoms with E-state index < -0.39 is 0 Å². The van der Waals surface area contributed by atoms with Crippen LogP contribution in [0.5, 0.6) is 0 Å². The van der Waals surface area contributed by atoms with Gasteiger partial charge in [-0.3, -0.25) is 0 Å². The summed E-state index contributed by atoms with van der Waals surface area (Å²) < 4.78 is 9.98. The van der Waals surface area contributed by atoms with Gasteiger partial charge in [-0.05, 0) is 13.8 Å². The summed E-state index contributed by atoms with van der Waals surface area (Å²) in [6.07, 6.45) is 3.43. The van der Waals surface area contributed by atoms with Gasteiger partial charge in [-0.25, -0.2) is 4.79 Å². The molecular weight excluding hydrogens is 182 g/mol. The van der Waals surface area contributed by atoms with Crippen molar-refractivity contribution in [2.45, 2.75) is 26.0 Å². The summed E-state index contributed by atoms with van der Waals surface area (Å²) in [4.78, 5) is 13.0. The van der Waals surface area contributed by atoms with Crippen LogP contribution in [-0.2, 0) is 14.3 Å². The third-order valence-corrected chi connectivity index (χ3v) is 2.26. The molecule has 0 spiro atoms. The largest absolute Gasteiger partial charge is 0.466 e. The summed E-state index contributed by atoms with van der Waals surface area (Å²) in [5.74, 6) is -0.323. The van der Waals surface area contributed by atoms with E-state index in [0.717, 1.165) is 6.54 Å². The van der Waals surface area contributed by atoms with Crippen LogP contribution in [0.3, 0.4) is 0 Å². The lowest BCUT2D eigenvalue weighted by atomic mass is 10.2. The molecule has 2 unspecified atom stereocenters. The molecule has 0 aromatic carbocycles. The Morgan fingerprint density at radius 3 is 2.93 bits per heavy atom. The zero-order valence-corrected chi connectivity index (χ0v) is 8.90. The number of morpholine rings is 1. The van der Waals surface area contributed by atoms with Crippen LogP contribution in [0.1, 0.15) is 13.8 Å². The summed E-state index contributed by atoms with van der Waals surface area (Å²) in [6.45, 7) is 5.60. The van der Waals surface area contributed by atoms with E-state index in [1.807, 2.05) is 6.92 Å². The van der Waals surface area contributed by atoms with Gasteiger partial charge in [0, 0.05) is 24.9 Å². The molecule has 80 valence electrons. The van der Waals surface area contributed by atoms with Crippen LogP contribution in [0.15, 0.2) is 12.3 Å². The molecule has 4 nitrogen and oxygen atoms in total. The SMILES string of the molecule is COC(=O)/C=C/N1CC(C)OCC1C. The molecule has 1 saturated heterocycles. The van der Waals surface area contributed by atoms with Gasteiger partial charge in [-0.15, -0.1) is 0 Å². The van der Waals surface area contributed by atoms with E-state index in [-0.39, 0.29) is 12.1 Å². The second-order valence-electron chi connectivity index (χ2n) is 3.53. The lowest BCUT2D eigenvalue weighted by Crippen LogP contribution is -2.44. The third-order valence-electron chi connectivity index (χ3n) is 2.26. The zero-order valence-electron chi connectivity index (χ0n) is 8.90. The molecule has 1 heterocycles. The van der Waals surface area contributed by atoms with Crippen LogP contribution in [0.2, 0.25) is 0 Å². The molecule has 2 atom stereocenters. The van der Waals surface area contributed by atoms with Crippen LogP contribution in [-0.4, -0.2) is 43.3 Å². The van der Waals surface area contributed by atoms with Gasteiger partial charge in [-0.2, -0.15) is 0 Å². The summed E-state index contributed by atoms with van der Waals surface area (Å²) in [5.41, 5.74) is 0. The molecule has 0 aromatic rings. The molecule has 0 N–H and O–H groups in total. The molecular formula is C10H17NO3. The minimum absolute atomic E-state index is 0.216. The van der Waals surface area contributed by atoms with Crippen LogP contribution in [0.25, 0.3) is 0 Å². The lowest BCUT2D eigenvalue weighted by Gasteiger charge is -2.35. The average Bonchev–Trinajstić information content (AvgIpc) is 2.19. The van der Waals surface area contributed by atoms with Crippen molar-refractivity contribution >= 4 is 5.97 Å². The fourth-order valence-electron chi connectivity index (χ4n) is 1.36. The van der Waals surface area contributed by atoms with Gasteiger partial charge in [0.05, 0.1) is 19.8 Å². The van der Waals surface area contributed by atoms with Gasteiger partial charge in [0.15, 0.2) is 0 Å². The first kappa shape index (κ1) is 11.0. The topological polar surface area (TPSA) is 38.8 Å². The van der Waals surface area contributed by atoms with E-state index in [0.29, 0.717) is 12.6 Å². The Balaban J connectivity index is 2.49. The van der Waals surface area contributed by atoms with Crippen molar-refractivity contribution in [2.75, 3.05) is 20.3 Å². The molecule has 0 radical (unpaired) electrons. The number of ether oxygens (including phenoxy) is 2. The maximum atomic E-state index is 10.9. The van der Waals surface area contributed by atoms with Crippen molar-refractivity contribution < 1.29 is 14.3 Å². The van der Waals surface area contributed by atoms with Crippen molar-refractivity contribution in [3.05, 3.63) is 12.3 Å². The average molecular weight is 199 g/mol. The lowest BCUT2D eigenvalue weighted by molar-refractivity contribution is -0.135. The smallest absolute Gasteiger partial charge is 0.331 e. The van der Waals surface area contributed by atoms with E-state index in [9.17, 15) is 4.79 Å². The zero-order chi connectivity index (χ0) is 10.6. The number of hydrogen-bond acceptors (Lipinski definition) is 4. The molecule has 1 aliphatic heterocycles. The van der Waals surface area contributed by atoms with E-state index >= 15 is 0 Å². The van der Waals surface area contributed by atoms with Gasteiger partial charge in [0.1, 0.15) is 0 Å². The minimum atomic E-state index is -0.323. The Hall–Kier alpha value is -1.03. The second kappa shape index (κ2) is 5.00. The number of esters is 1. The number of carbonyl (C=O) groups excluding carboxylic acids is 1. The van der Waals surface area contributed by atoms with Gasteiger partial charge < -0.3 is 14.4 Å². The van der Waals surface area contributed by atoms with E-state index in [2.05, 4.69) is 16.6 Å². The number of carbonyl (C=O) groups is 1. The van der Waals surface area contributed by atoms with Crippen LogP contribution in [0, 0.1) is 0 Å². The molecule has 0 amide bonds. The maximum Gasteiger partial charge on any atom is 0.331 e. The Morgan fingerprint density at radius 1 is 1.57 bits per heavy atom. The van der Waals surface area contributed by atoms with Crippen molar-refractivity contribution in [1.29, 1.82) is 0 Å². The monoisotopic (exact) mass is 199 g/mol. The highest BCUT2D eigenvalue weighted by molar-refractivity contribution is 5.81. The number of hydrogen-bond donors (Lipinski definition) is 0. The van der Waals surface area contributed by atoms with Crippen LogP contribution < -0.4 is 0 Å². The number of methoxy groups -OCH3 is 1. The fraction of sp³-hybridized carbons (Fsp3) is 0.700. The standard InChI is InChI=1S/C10H17NO3/c1-8-7-14-9(2)6-11(8)5-4-10(12)13-3/h4-5,8-9H,6-7H2,1-3H3/b5-4+. The van der Waals surface area contributed by atoms with Crippen molar-refractivity contribution in [3.8, 4) is 0 Å². The molecule has 0 aliphatic carbocycles. The van der Waals surface area contributed by atoms with E-state index in [1.165, 1.54) is 13.2 Å². The maximum absolute atomic E-state index is 10.9. The van der Waals surface area contributed by atoms with Crippen molar-refractivity contribution in [1.82, 2.24) is 4.90 Å². The highest BCUT2D eigenvalue weighted by Gasteiger charge is 2.20. The van der Waals surface area contributed by atoms with E-state index in [4.69, 9.17) is 4.74 Å². The first-order valence-electron chi connectivity index (χ1n) is 4.77. The Morgan fingerprint density at radius 2 is 2.29 bits per heavy atom. The molecule has 0 saturated carbocycles. The normalized spacial score (nSPS) is 28.1. The molecule has 0 aromatic heterocycles. The fourth-order valence-corrected chi connectivity index (χ4v) is 1.36. The molecule has 4 heteroatoms. The van der Waals surface area contributed by atoms with E-state index in [1.54, 1.807) is 6.20 Å². The van der Waals surface area contributed by atoms with Crippen molar-refractivity contribution in [2.24, 2.45) is 0 Å². The van der Waals surface area contributed by atoms with Gasteiger partial charge >= 0.3 is 5.97 Å². The molecule has 0 bridgehead atoms. The first-order valence-corrected chi connectivity index (χ1v) is 4.77.